The molecule has 0 aliphatic heterocycles. The van der Waals surface area contributed by atoms with E-state index in [4.69, 9.17) is 4.98 Å². The molecule has 1 aromatic carbocycles. The number of para-hydroxylation sites is 1. The molecular formula is C17H26N3OS+. The number of nitrogens with zero attached hydrogens (tertiary/aromatic N) is 1. The second-order valence-electron chi connectivity index (χ2n) is 6.30. The van der Waals surface area contributed by atoms with Crippen LogP contribution >= 0.6 is 11.3 Å². The third kappa shape index (κ3) is 4.52. The molecule has 0 fully saturated rings. The summed E-state index contributed by atoms with van der Waals surface area (Å²) in [6.45, 7) is 7.71. The number of rotatable bonds is 7. The summed E-state index contributed by atoms with van der Waals surface area (Å²) in [5.41, 5.74) is 1.04. The fourth-order valence-corrected chi connectivity index (χ4v) is 3.37. The lowest BCUT2D eigenvalue weighted by atomic mass is 10.1. The van der Waals surface area contributed by atoms with Crippen LogP contribution in [0.5, 0.6) is 0 Å². The van der Waals surface area contributed by atoms with Gasteiger partial charge in [0.2, 0.25) is 0 Å². The molecule has 0 radical (unpaired) electrons. The van der Waals surface area contributed by atoms with Gasteiger partial charge < -0.3 is 10.2 Å². The lowest BCUT2D eigenvalue weighted by Gasteiger charge is -2.19. The van der Waals surface area contributed by atoms with E-state index in [2.05, 4.69) is 39.2 Å². The van der Waals surface area contributed by atoms with Crippen molar-refractivity contribution in [1.29, 1.82) is 0 Å². The minimum Gasteiger partial charge on any atom is -0.351 e. The summed E-state index contributed by atoms with van der Waals surface area (Å²) < 4.78 is 1.21. The van der Waals surface area contributed by atoms with Crippen LogP contribution in [0.1, 0.15) is 38.2 Å². The van der Waals surface area contributed by atoms with E-state index < -0.39 is 0 Å². The van der Waals surface area contributed by atoms with Gasteiger partial charge in [-0.05, 0) is 31.4 Å². The highest BCUT2D eigenvalue weighted by Gasteiger charge is 2.21. The van der Waals surface area contributed by atoms with E-state index in [0.717, 1.165) is 23.5 Å². The summed E-state index contributed by atoms with van der Waals surface area (Å²) in [5, 5.41) is 4.09. The summed E-state index contributed by atoms with van der Waals surface area (Å²) in [4.78, 5) is 17.9. The van der Waals surface area contributed by atoms with Crippen LogP contribution < -0.4 is 10.2 Å². The molecule has 0 aliphatic rings. The van der Waals surface area contributed by atoms with Crippen molar-refractivity contribution in [3.8, 4) is 0 Å². The Labute approximate surface area is 136 Å². The molecule has 1 unspecified atom stereocenters. The second kappa shape index (κ2) is 7.70. The molecule has 5 heteroatoms. The van der Waals surface area contributed by atoms with E-state index in [0.29, 0.717) is 12.5 Å². The number of amides is 1. The van der Waals surface area contributed by atoms with Gasteiger partial charge >= 0.3 is 0 Å². The molecule has 1 aromatic heterocycles. The fraction of sp³-hybridized carbons (Fsp3) is 0.529. The number of likely N-dealkylation sites (N-methyl/N-ethyl adjacent to an activating group) is 1. The van der Waals surface area contributed by atoms with Gasteiger partial charge in [-0.15, -0.1) is 11.3 Å². The summed E-state index contributed by atoms with van der Waals surface area (Å²) >= 11 is 1.72. The molecule has 4 nitrogen and oxygen atoms in total. The van der Waals surface area contributed by atoms with Crippen molar-refractivity contribution in [3.63, 3.8) is 0 Å². The Bertz CT molecular complexity index is 590. The lowest BCUT2D eigenvalue weighted by Crippen LogP contribution is -3.10. The zero-order chi connectivity index (χ0) is 16.1. The molecule has 0 bridgehead atoms. The number of benzene rings is 1. The van der Waals surface area contributed by atoms with Gasteiger partial charge in [-0.25, -0.2) is 4.98 Å². The average Bonchev–Trinajstić information content (AvgIpc) is 2.89. The third-order valence-corrected chi connectivity index (χ3v) is 5.12. The van der Waals surface area contributed by atoms with Gasteiger partial charge in [0, 0.05) is 6.54 Å². The Morgan fingerprint density at radius 1 is 1.32 bits per heavy atom. The van der Waals surface area contributed by atoms with Crippen molar-refractivity contribution in [3.05, 3.63) is 29.3 Å². The molecule has 0 aliphatic carbocycles. The van der Waals surface area contributed by atoms with Crippen LogP contribution in [0.3, 0.4) is 0 Å². The van der Waals surface area contributed by atoms with E-state index in [1.165, 1.54) is 9.60 Å². The molecule has 2 rings (SSSR count). The first kappa shape index (κ1) is 16.9. The number of hydrogen-bond acceptors (Lipinski definition) is 3. The summed E-state index contributed by atoms with van der Waals surface area (Å²) in [6, 6.07) is 8.39. The van der Waals surface area contributed by atoms with E-state index in [9.17, 15) is 4.79 Å². The predicted octanol–water partition coefficient (Wildman–Crippen LogP) is 2.03. The average molecular weight is 320 g/mol. The van der Waals surface area contributed by atoms with Crippen molar-refractivity contribution >= 4 is 27.5 Å². The van der Waals surface area contributed by atoms with Gasteiger partial charge in [-0.1, -0.05) is 26.0 Å². The van der Waals surface area contributed by atoms with Crippen molar-refractivity contribution in [2.45, 2.75) is 33.2 Å². The van der Waals surface area contributed by atoms with Crippen molar-refractivity contribution in [1.82, 2.24) is 10.3 Å². The normalized spacial score (nSPS) is 14.2. The van der Waals surface area contributed by atoms with Gasteiger partial charge in [0.1, 0.15) is 6.04 Å². The molecule has 120 valence electrons. The summed E-state index contributed by atoms with van der Waals surface area (Å²) in [7, 11) is 2.05. The maximum Gasteiger partial charge on any atom is 0.275 e. The Kier molecular flexibility index (Phi) is 5.91. The Morgan fingerprint density at radius 3 is 2.73 bits per heavy atom. The first-order valence-electron chi connectivity index (χ1n) is 7.92. The van der Waals surface area contributed by atoms with E-state index in [1.54, 1.807) is 11.3 Å². The van der Waals surface area contributed by atoms with Gasteiger partial charge in [0.25, 0.3) is 5.91 Å². The molecule has 22 heavy (non-hydrogen) atoms. The number of carbonyl (C=O) groups is 1. The number of hydrogen-bond donors (Lipinski definition) is 2. The van der Waals surface area contributed by atoms with E-state index in [1.807, 2.05) is 18.2 Å². The minimum atomic E-state index is 0.117. The summed E-state index contributed by atoms with van der Waals surface area (Å²) in [5.74, 6) is 0.734. The molecule has 0 saturated heterocycles. The van der Waals surface area contributed by atoms with Crippen LogP contribution in [0.25, 0.3) is 10.2 Å². The Balaban J connectivity index is 1.91. The van der Waals surface area contributed by atoms with Crippen LogP contribution in [0.15, 0.2) is 24.3 Å². The number of nitrogens with one attached hydrogen (secondary N) is 2. The molecule has 2 N–H and O–H groups in total. The molecular weight excluding hydrogens is 294 g/mol. The Hall–Kier alpha value is -1.46. The zero-order valence-corrected chi connectivity index (χ0v) is 14.7. The minimum absolute atomic E-state index is 0.117. The van der Waals surface area contributed by atoms with Crippen molar-refractivity contribution in [2.75, 3.05) is 20.1 Å². The molecule has 1 amide bonds. The van der Waals surface area contributed by atoms with Gasteiger partial charge in [-0.2, -0.15) is 0 Å². The second-order valence-corrected chi connectivity index (χ2v) is 7.36. The lowest BCUT2D eigenvalue weighted by molar-refractivity contribution is -0.902. The van der Waals surface area contributed by atoms with Crippen molar-refractivity contribution in [2.24, 2.45) is 5.92 Å². The fourth-order valence-electron chi connectivity index (χ4n) is 2.26. The van der Waals surface area contributed by atoms with Crippen LogP contribution in [0.4, 0.5) is 0 Å². The number of aromatic nitrogens is 1. The molecule has 0 saturated carbocycles. The van der Waals surface area contributed by atoms with Crippen LogP contribution in [-0.4, -0.2) is 31.0 Å². The number of fused-ring (bicyclic) bond motifs is 1. The standard InChI is InChI=1S/C17H25N3OS/c1-12(2)9-10-18-16(21)11-20(4)13(3)17-19-14-7-5-6-8-15(14)22-17/h5-8,12-13H,9-11H2,1-4H3,(H,18,21)/p+1/t13-/m1/s1. The highest BCUT2D eigenvalue weighted by atomic mass is 32.1. The highest BCUT2D eigenvalue weighted by molar-refractivity contribution is 7.18. The highest BCUT2D eigenvalue weighted by Crippen LogP contribution is 2.24. The zero-order valence-electron chi connectivity index (χ0n) is 13.8. The number of quaternary nitrogens is 1. The molecule has 0 spiro atoms. The maximum absolute atomic E-state index is 12.0. The van der Waals surface area contributed by atoms with Crippen LogP contribution in [0, 0.1) is 5.92 Å². The van der Waals surface area contributed by atoms with Crippen molar-refractivity contribution < 1.29 is 9.69 Å². The quantitative estimate of drug-likeness (QED) is 0.820. The topological polar surface area (TPSA) is 46.4 Å². The van der Waals surface area contributed by atoms with E-state index in [-0.39, 0.29) is 11.9 Å². The van der Waals surface area contributed by atoms with Gasteiger partial charge in [-0.3, -0.25) is 4.79 Å². The maximum atomic E-state index is 12.0. The van der Waals surface area contributed by atoms with E-state index >= 15 is 0 Å². The predicted molar refractivity (Wildman–Crippen MR) is 92.3 cm³/mol. The molecule has 2 aromatic rings. The largest absolute Gasteiger partial charge is 0.351 e. The molecule has 1 heterocycles. The third-order valence-electron chi connectivity index (χ3n) is 3.90. The van der Waals surface area contributed by atoms with Crippen LogP contribution in [-0.2, 0) is 4.79 Å². The summed E-state index contributed by atoms with van der Waals surface area (Å²) in [6.07, 6.45) is 1.03. The monoisotopic (exact) mass is 320 g/mol. The smallest absolute Gasteiger partial charge is 0.275 e. The number of carbonyl (C=O) groups excluding carboxylic acids is 1. The Morgan fingerprint density at radius 2 is 2.05 bits per heavy atom. The van der Waals surface area contributed by atoms with Gasteiger partial charge in [0.05, 0.1) is 17.3 Å². The first-order chi connectivity index (χ1) is 10.5. The van der Waals surface area contributed by atoms with Gasteiger partial charge in [0.15, 0.2) is 11.6 Å². The first-order valence-corrected chi connectivity index (χ1v) is 8.73. The van der Waals surface area contributed by atoms with Crippen LogP contribution in [0.2, 0.25) is 0 Å². The SMILES string of the molecule is CC(C)CCNC(=O)C[NH+](C)[C@H](C)c1nc2ccccc2s1. The number of thiazole rings is 1. The molecule has 2 atom stereocenters.